The molecule has 1 N–H and O–H groups in total. The van der Waals surface area contributed by atoms with Gasteiger partial charge in [-0.25, -0.2) is 14.1 Å². The molecule has 1 saturated heterocycles. The molecule has 9 heteroatoms. The third-order valence-electron chi connectivity index (χ3n) is 5.61. The number of nitrogens with zero attached hydrogens (tertiary/aromatic N) is 1. The fraction of sp³-hybridized carbons (Fsp3) is 0.179. The molecule has 7 nitrogen and oxygen atoms in total. The van der Waals surface area contributed by atoms with E-state index in [9.17, 15) is 18.8 Å². The first-order valence-electron chi connectivity index (χ1n) is 11.5. The number of nitrogens with one attached hydrogen (secondary N) is 1. The number of hydrogen-bond donors (Lipinski definition) is 1. The van der Waals surface area contributed by atoms with Crippen molar-refractivity contribution in [2.24, 2.45) is 0 Å². The monoisotopic (exact) mass is 566 g/mol. The molecule has 0 saturated carbocycles. The van der Waals surface area contributed by atoms with Crippen LogP contribution in [0.1, 0.15) is 29.2 Å². The molecule has 0 aliphatic carbocycles. The largest absolute Gasteiger partial charge is 0.490 e. The Labute approximate surface area is 222 Å². The van der Waals surface area contributed by atoms with Crippen molar-refractivity contribution in [3.63, 3.8) is 0 Å². The second kappa shape index (κ2) is 11.0. The fourth-order valence-electron chi connectivity index (χ4n) is 3.96. The van der Waals surface area contributed by atoms with E-state index in [2.05, 4.69) is 21.2 Å². The van der Waals surface area contributed by atoms with Crippen molar-refractivity contribution in [1.82, 2.24) is 5.32 Å². The van der Waals surface area contributed by atoms with Crippen LogP contribution in [0.5, 0.6) is 11.5 Å². The van der Waals surface area contributed by atoms with Crippen LogP contribution in [0.2, 0.25) is 0 Å². The summed E-state index contributed by atoms with van der Waals surface area (Å²) >= 11 is 3.47. The van der Waals surface area contributed by atoms with Crippen LogP contribution in [0, 0.1) is 19.7 Å². The zero-order chi connectivity index (χ0) is 26.7. The Morgan fingerprint density at radius 3 is 2.51 bits per heavy atom. The second-order valence-electron chi connectivity index (χ2n) is 8.43. The smallest absolute Gasteiger partial charge is 0.335 e. The summed E-state index contributed by atoms with van der Waals surface area (Å²) in [6.45, 7) is 5.93. The predicted molar refractivity (Wildman–Crippen MR) is 141 cm³/mol. The molecule has 3 aromatic rings. The maximum absolute atomic E-state index is 13.5. The quantitative estimate of drug-likeness (QED) is 0.286. The van der Waals surface area contributed by atoms with Crippen molar-refractivity contribution >= 4 is 45.5 Å². The summed E-state index contributed by atoms with van der Waals surface area (Å²) in [5.74, 6) is -1.14. The molecule has 4 rings (SSSR count). The number of benzene rings is 3. The normalized spacial score (nSPS) is 14.7. The highest BCUT2D eigenvalue weighted by atomic mass is 79.9. The molecule has 0 spiro atoms. The van der Waals surface area contributed by atoms with Gasteiger partial charge in [-0.05, 0) is 89.8 Å². The second-order valence-corrected chi connectivity index (χ2v) is 9.28. The average Bonchev–Trinajstić information content (AvgIpc) is 2.83. The third kappa shape index (κ3) is 5.72. The van der Waals surface area contributed by atoms with E-state index in [0.29, 0.717) is 39.4 Å². The number of rotatable bonds is 7. The van der Waals surface area contributed by atoms with Gasteiger partial charge in [0.25, 0.3) is 11.8 Å². The topological polar surface area (TPSA) is 84.9 Å². The lowest BCUT2D eigenvalue weighted by atomic mass is 10.0. The molecule has 0 aromatic heterocycles. The summed E-state index contributed by atoms with van der Waals surface area (Å²) < 4.78 is 25.7. The van der Waals surface area contributed by atoms with Crippen LogP contribution in [0.25, 0.3) is 6.08 Å². The first kappa shape index (κ1) is 26.1. The van der Waals surface area contributed by atoms with Gasteiger partial charge in [-0.2, -0.15) is 0 Å². The Balaban J connectivity index is 1.67. The number of halogens is 2. The number of imide groups is 2. The molecule has 0 unspecified atom stereocenters. The minimum Gasteiger partial charge on any atom is -0.490 e. The van der Waals surface area contributed by atoms with Crippen molar-refractivity contribution in [2.75, 3.05) is 11.5 Å². The first-order valence-corrected chi connectivity index (χ1v) is 12.3. The minimum absolute atomic E-state index is 0.102. The lowest BCUT2D eigenvalue weighted by Gasteiger charge is -2.27. The predicted octanol–water partition coefficient (Wildman–Crippen LogP) is 5.85. The third-order valence-corrected chi connectivity index (χ3v) is 6.20. The maximum atomic E-state index is 13.5. The van der Waals surface area contributed by atoms with E-state index in [1.807, 2.05) is 13.0 Å². The number of ether oxygens (including phenoxy) is 2. The van der Waals surface area contributed by atoms with E-state index in [4.69, 9.17) is 9.47 Å². The van der Waals surface area contributed by atoms with Crippen LogP contribution >= 0.6 is 15.9 Å². The summed E-state index contributed by atoms with van der Waals surface area (Å²) in [5.41, 5.74) is 3.00. The Kier molecular flexibility index (Phi) is 7.73. The van der Waals surface area contributed by atoms with Crippen LogP contribution < -0.4 is 19.7 Å². The summed E-state index contributed by atoms with van der Waals surface area (Å²) in [5, 5.41) is 2.24. The van der Waals surface area contributed by atoms with Gasteiger partial charge in [0.2, 0.25) is 0 Å². The molecule has 0 atom stereocenters. The number of carbonyl (C=O) groups excluding carboxylic acids is 3. The van der Waals surface area contributed by atoms with Crippen LogP contribution in [-0.2, 0) is 16.2 Å². The lowest BCUT2D eigenvalue weighted by Crippen LogP contribution is -2.54. The molecule has 1 fully saturated rings. The number of anilines is 1. The van der Waals surface area contributed by atoms with E-state index < -0.39 is 17.8 Å². The number of barbiturate groups is 1. The van der Waals surface area contributed by atoms with E-state index in [1.165, 1.54) is 18.2 Å². The van der Waals surface area contributed by atoms with E-state index in [0.717, 1.165) is 16.0 Å². The number of hydrogen-bond acceptors (Lipinski definition) is 5. The molecule has 3 aromatic carbocycles. The fourth-order valence-corrected chi connectivity index (χ4v) is 4.53. The summed E-state index contributed by atoms with van der Waals surface area (Å²) in [6, 6.07) is 13.9. The summed E-state index contributed by atoms with van der Waals surface area (Å²) in [4.78, 5) is 39.5. The van der Waals surface area contributed by atoms with Crippen LogP contribution in [0.3, 0.4) is 0 Å². The van der Waals surface area contributed by atoms with Gasteiger partial charge in [0.05, 0.1) is 16.8 Å². The van der Waals surface area contributed by atoms with Gasteiger partial charge < -0.3 is 9.47 Å². The molecular weight excluding hydrogens is 543 g/mol. The molecular formula is C28H24BrFN2O5. The van der Waals surface area contributed by atoms with Gasteiger partial charge in [-0.1, -0.05) is 29.8 Å². The Hall–Kier alpha value is -3.98. The maximum Gasteiger partial charge on any atom is 0.335 e. The number of amides is 4. The minimum atomic E-state index is -0.809. The van der Waals surface area contributed by atoms with Crippen LogP contribution in [0.15, 0.2) is 64.6 Å². The average molecular weight is 567 g/mol. The SMILES string of the molecule is CCOc1cc(/C=C2\C(=O)NC(=O)N(c3ccc(C)cc3C)C2=O)cc(Br)c1OCc1cccc(F)c1. The molecule has 190 valence electrons. The van der Waals surface area contributed by atoms with Crippen molar-refractivity contribution in [3.8, 4) is 11.5 Å². The van der Waals surface area contributed by atoms with Gasteiger partial charge in [-0.3, -0.25) is 14.9 Å². The Morgan fingerprint density at radius 2 is 1.81 bits per heavy atom. The zero-order valence-corrected chi connectivity index (χ0v) is 22.0. The van der Waals surface area contributed by atoms with Crippen LogP contribution in [-0.4, -0.2) is 24.5 Å². The summed E-state index contributed by atoms with van der Waals surface area (Å²) in [7, 11) is 0. The zero-order valence-electron chi connectivity index (χ0n) is 20.4. The number of carbonyl (C=O) groups is 3. The van der Waals surface area contributed by atoms with E-state index in [-0.39, 0.29) is 18.0 Å². The van der Waals surface area contributed by atoms with Crippen molar-refractivity contribution in [1.29, 1.82) is 0 Å². The van der Waals surface area contributed by atoms with E-state index in [1.54, 1.807) is 50.2 Å². The first-order chi connectivity index (χ1) is 17.7. The molecule has 1 aliphatic rings. The molecule has 4 amide bonds. The lowest BCUT2D eigenvalue weighted by molar-refractivity contribution is -0.122. The van der Waals surface area contributed by atoms with E-state index >= 15 is 0 Å². The highest BCUT2D eigenvalue weighted by Gasteiger charge is 2.37. The Bertz CT molecular complexity index is 1440. The highest BCUT2D eigenvalue weighted by Crippen LogP contribution is 2.38. The molecule has 1 heterocycles. The molecule has 37 heavy (non-hydrogen) atoms. The van der Waals surface area contributed by atoms with Crippen LogP contribution in [0.4, 0.5) is 14.9 Å². The number of urea groups is 1. The van der Waals surface area contributed by atoms with Gasteiger partial charge in [0.15, 0.2) is 11.5 Å². The highest BCUT2D eigenvalue weighted by molar-refractivity contribution is 9.10. The molecule has 0 radical (unpaired) electrons. The van der Waals surface area contributed by atoms with Crippen molar-refractivity contribution in [3.05, 3.63) is 92.7 Å². The van der Waals surface area contributed by atoms with Gasteiger partial charge in [-0.15, -0.1) is 0 Å². The van der Waals surface area contributed by atoms with Crippen molar-refractivity contribution < 1.29 is 28.2 Å². The molecule has 1 aliphatic heterocycles. The standard InChI is InChI=1S/C28H24BrFN2O5/c1-4-36-24-14-19(13-22(29)25(24)37-15-18-6-5-7-20(30)11-18)12-21-26(33)31-28(35)32(27(21)34)23-9-8-16(2)10-17(23)3/h5-14H,4,15H2,1-3H3,(H,31,33,35)/b21-12+. The summed E-state index contributed by atoms with van der Waals surface area (Å²) in [6.07, 6.45) is 1.39. The van der Waals surface area contributed by atoms with Gasteiger partial charge in [0, 0.05) is 0 Å². The Morgan fingerprint density at radius 1 is 1.03 bits per heavy atom. The van der Waals surface area contributed by atoms with Gasteiger partial charge in [0.1, 0.15) is 18.0 Å². The molecule has 0 bridgehead atoms. The van der Waals surface area contributed by atoms with Gasteiger partial charge >= 0.3 is 6.03 Å². The number of aryl methyl sites for hydroxylation is 2. The van der Waals surface area contributed by atoms with Crippen molar-refractivity contribution in [2.45, 2.75) is 27.4 Å².